The molecule has 0 N–H and O–H groups in total. The summed E-state index contributed by atoms with van der Waals surface area (Å²) in [6.45, 7) is 8.33. The van der Waals surface area contributed by atoms with Gasteiger partial charge in [0.25, 0.3) is 0 Å². The van der Waals surface area contributed by atoms with Gasteiger partial charge in [0.05, 0.1) is 0 Å². The van der Waals surface area contributed by atoms with Gasteiger partial charge in [-0.25, -0.2) is 11.3 Å². The van der Waals surface area contributed by atoms with Crippen molar-refractivity contribution in [3.8, 4) is 0 Å². The Kier molecular flexibility index (Phi) is 19.3. The summed E-state index contributed by atoms with van der Waals surface area (Å²) < 4.78 is 122. The summed E-state index contributed by atoms with van der Waals surface area (Å²) in [6.07, 6.45) is 1.82. The fourth-order valence-corrected chi connectivity index (χ4v) is 1.09. The molecule has 0 aliphatic carbocycles. The fraction of sp³-hybridized carbons (Fsp3) is 0.778. The zero-order valence-corrected chi connectivity index (χ0v) is 18.4. The molecule has 1 heterocycles. The third kappa shape index (κ3) is 63.4. The van der Waals surface area contributed by atoms with Gasteiger partial charge >= 0.3 is 79.2 Å². The van der Waals surface area contributed by atoms with Gasteiger partial charge in [0.1, 0.15) is 5.60 Å². The quantitative estimate of drug-likeness (QED) is 0.310. The number of carbonyl (C=O) groups is 1. The molecule has 0 saturated carbocycles. The molecule has 166 valence electrons. The summed E-state index contributed by atoms with van der Waals surface area (Å²) in [5.74, 6) is 0. The van der Waals surface area contributed by atoms with E-state index in [-0.39, 0.29) is 63.1 Å². The molecule has 1 aliphatic heterocycles. The van der Waals surface area contributed by atoms with Crippen molar-refractivity contribution in [3.63, 3.8) is 0 Å². The number of nitrogens with zero attached hydrogens (tertiary/aromatic N) is 1. The van der Waals surface area contributed by atoms with E-state index in [2.05, 4.69) is 0 Å². The molecular formula is C9H16B3F12KNO2-3. The predicted molar refractivity (Wildman–Crippen MR) is 77.0 cm³/mol. The third-order valence-electron chi connectivity index (χ3n) is 1.58. The first-order valence-corrected chi connectivity index (χ1v) is 6.94. The monoisotopic (exact) mass is 470 g/mol. The molecule has 0 radical (unpaired) electrons. The fourth-order valence-electron chi connectivity index (χ4n) is 1.09. The zero-order chi connectivity index (χ0) is 22.7. The number of halogens is 12. The van der Waals surface area contributed by atoms with Crippen LogP contribution in [0.4, 0.5) is 56.6 Å². The second-order valence-electron chi connectivity index (χ2n) is 5.48. The van der Waals surface area contributed by atoms with E-state index in [0.29, 0.717) is 0 Å². The van der Waals surface area contributed by atoms with Gasteiger partial charge < -0.3 is 61.4 Å². The Morgan fingerprint density at radius 3 is 1.29 bits per heavy atom. The van der Waals surface area contributed by atoms with Gasteiger partial charge in [-0.05, 0) is 27.3 Å². The van der Waals surface area contributed by atoms with E-state index < -0.39 is 21.8 Å². The van der Waals surface area contributed by atoms with Gasteiger partial charge in [0.2, 0.25) is 0 Å². The molecule has 1 saturated heterocycles. The van der Waals surface area contributed by atoms with E-state index in [0.717, 1.165) is 19.4 Å². The van der Waals surface area contributed by atoms with Crippen LogP contribution in [-0.2, 0) is 4.74 Å². The minimum atomic E-state index is -6.00. The van der Waals surface area contributed by atoms with Crippen molar-refractivity contribution in [2.75, 3.05) is 6.54 Å². The van der Waals surface area contributed by atoms with Crippen LogP contribution in [0.2, 0.25) is 0 Å². The Morgan fingerprint density at radius 1 is 0.821 bits per heavy atom. The van der Waals surface area contributed by atoms with Crippen molar-refractivity contribution in [2.45, 2.75) is 39.2 Å². The molecule has 19 heteroatoms. The molecule has 0 aromatic heterocycles. The molecule has 28 heavy (non-hydrogen) atoms. The number of ether oxygens (including phenoxy) is 1. The largest absolute Gasteiger partial charge is 1.00 e. The molecule has 1 fully saturated rings. The predicted octanol–water partition coefficient (Wildman–Crippen LogP) is 3.08. The van der Waals surface area contributed by atoms with E-state index in [1.165, 1.54) is 0 Å². The van der Waals surface area contributed by atoms with Crippen molar-refractivity contribution in [3.05, 3.63) is 6.54 Å². The van der Waals surface area contributed by atoms with Gasteiger partial charge in [-0.3, -0.25) is 0 Å². The first kappa shape index (κ1) is 35.7. The first-order chi connectivity index (χ1) is 11.5. The molecule has 0 spiro atoms. The maximum atomic E-state index is 11.3. The normalized spacial score (nSPS) is 14.2. The number of hydrogen-bond donors (Lipinski definition) is 0. The van der Waals surface area contributed by atoms with Crippen molar-refractivity contribution < 1.29 is 113 Å². The summed E-state index contributed by atoms with van der Waals surface area (Å²) in [4.78, 5) is 13.0. The van der Waals surface area contributed by atoms with Gasteiger partial charge in [-0.2, -0.15) is 6.42 Å². The average Bonchev–Trinajstić information content (AvgIpc) is 2.70. The van der Waals surface area contributed by atoms with E-state index in [1.54, 1.807) is 4.90 Å². The summed E-state index contributed by atoms with van der Waals surface area (Å²) in [5, 5.41) is 0. The van der Waals surface area contributed by atoms with Crippen molar-refractivity contribution in [1.29, 1.82) is 0 Å². The molecular weight excluding hydrogens is 454 g/mol. The summed E-state index contributed by atoms with van der Waals surface area (Å²) in [6, 6.07) is 0. The van der Waals surface area contributed by atoms with Crippen LogP contribution in [0.25, 0.3) is 0 Å². The van der Waals surface area contributed by atoms with Crippen molar-refractivity contribution in [1.82, 2.24) is 4.90 Å². The van der Waals surface area contributed by atoms with Crippen LogP contribution >= 0.6 is 0 Å². The van der Waals surface area contributed by atoms with E-state index >= 15 is 0 Å². The Bertz CT molecular complexity index is 361. The van der Waals surface area contributed by atoms with Gasteiger partial charge in [0, 0.05) is 0 Å². The second-order valence-corrected chi connectivity index (χ2v) is 5.48. The topological polar surface area (TPSA) is 29.5 Å². The van der Waals surface area contributed by atoms with E-state index in [9.17, 15) is 56.6 Å². The summed E-state index contributed by atoms with van der Waals surface area (Å²) >= 11 is 0. The SMILES string of the molecule is CC(C)(C)OC(=O)N1[CH-]CCC1.F[B-](F)(F)F.F[B-](F)(F)F.F[B-](F)(F)F.[K+]. The second kappa shape index (κ2) is 15.1. The van der Waals surface area contributed by atoms with Gasteiger partial charge in [0.15, 0.2) is 0 Å². The molecule has 3 nitrogen and oxygen atoms in total. The number of rotatable bonds is 0. The molecule has 1 aliphatic rings. The minimum Gasteiger partial charge on any atom is -0.458 e. The Morgan fingerprint density at radius 2 is 1.11 bits per heavy atom. The van der Waals surface area contributed by atoms with Crippen LogP contribution in [0.1, 0.15) is 33.6 Å². The summed E-state index contributed by atoms with van der Waals surface area (Å²) in [5.41, 5.74) is -0.381. The Balaban J connectivity index is -0.000000153. The average molecular weight is 470 g/mol. The number of carbonyl (C=O) groups excluding carboxylic acids is 1. The third-order valence-corrected chi connectivity index (χ3v) is 1.58. The van der Waals surface area contributed by atoms with Crippen LogP contribution in [0.15, 0.2) is 0 Å². The number of amides is 1. The van der Waals surface area contributed by atoms with Crippen LogP contribution in [-0.4, -0.2) is 44.9 Å². The van der Waals surface area contributed by atoms with Crippen LogP contribution < -0.4 is 51.4 Å². The molecule has 0 aromatic rings. The Hall–Kier alpha value is 0.261. The molecule has 0 bridgehead atoms. The molecule has 0 atom stereocenters. The van der Waals surface area contributed by atoms with Crippen LogP contribution in [0, 0.1) is 6.54 Å². The maximum absolute atomic E-state index is 11.3. The standard InChI is InChI=1S/C9H16NO2.3BF4.K/c1-9(2,3)12-8(11)10-6-4-5-7-10;3*2-1(3,4)5;/h6H,4-5,7H2,1-3H3;;;;/q4*-1;+1. The van der Waals surface area contributed by atoms with E-state index in [1.807, 2.05) is 27.3 Å². The van der Waals surface area contributed by atoms with Gasteiger partial charge in [-0.15, -0.1) is 0 Å². The molecule has 0 unspecified atom stereocenters. The smallest absolute Gasteiger partial charge is 0.458 e. The summed E-state index contributed by atoms with van der Waals surface area (Å²) in [7, 11) is -18.0. The number of likely N-dealkylation sites (tertiary alicyclic amines) is 1. The minimum absolute atomic E-state index is 0. The van der Waals surface area contributed by atoms with Crippen molar-refractivity contribution in [2.24, 2.45) is 0 Å². The van der Waals surface area contributed by atoms with Crippen LogP contribution in [0.5, 0.6) is 0 Å². The Labute approximate surface area is 196 Å². The van der Waals surface area contributed by atoms with E-state index in [4.69, 9.17) is 4.74 Å². The molecule has 1 rings (SSSR count). The van der Waals surface area contributed by atoms with Crippen molar-refractivity contribution >= 4 is 27.9 Å². The first-order valence-electron chi connectivity index (χ1n) is 6.94. The maximum Gasteiger partial charge on any atom is 1.00 e. The van der Waals surface area contributed by atoms with Crippen LogP contribution in [0.3, 0.4) is 0 Å². The van der Waals surface area contributed by atoms with Gasteiger partial charge in [-0.1, -0.05) is 6.42 Å². The molecule has 1 amide bonds. The number of hydrogen-bond acceptors (Lipinski definition) is 2. The zero-order valence-electron chi connectivity index (χ0n) is 15.2. The molecule has 0 aromatic carbocycles.